The van der Waals surface area contributed by atoms with Crippen LogP contribution in [0.5, 0.6) is 0 Å². The van der Waals surface area contributed by atoms with Gasteiger partial charge in [0.15, 0.2) is 0 Å². The first-order valence-corrected chi connectivity index (χ1v) is 8.46. The first-order chi connectivity index (χ1) is 11.0. The molecule has 130 valence electrons. The Morgan fingerprint density at radius 1 is 1.00 bits per heavy atom. The van der Waals surface area contributed by atoms with Crippen molar-refractivity contribution in [2.75, 3.05) is 0 Å². The fourth-order valence-electron chi connectivity index (χ4n) is 2.50. The minimum absolute atomic E-state index is 0.417. The van der Waals surface area contributed by atoms with Crippen molar-refractivity contribution in [1.82, 2.24) is 0 Å². The minimum Gasteiger partial charge on any atom is -0.423 e. The first kappa shape index (κ1) is 21.2. The molecule has 0 fully saturated rings. The van der Waals surface area contributed by atoms with Gasteiger partial charge in [0, 0.05) is 26.7 Å². The average molecular weight is 322 g/mol. The molecular weight excluding hydrogens is 292 g/mol. The van der Waals surface area contributed by atoms with Crippen LogP contribution in [0.3, 0.4) is 0 Å². The maximum absolute atomic E-state index is 11.4. The maximum Gasteiger partial charge on any atom is 0.305 e. The quantitative estimate of drug-likeness (QED) is 0.229. The fraction of sp³-hybridized carbons (Fsp3) is 0.684. The Balaban J connectivity index is 4.58. The number of carbonyl (C=O) groups is 2. The minimum atomic E-state index is -1.11. The number of allylic oxidation sites excluding steroid dienone is 2. The van der Waals surface area contributed by atoms with Crippen LogP contribution < -0.4 is 0 Å². The smallest absolute Gasteiger partial charge is 0.305 e. The Labute approximate surface area is 140 Å². The van der Waals surface area contributed by atoms with Crippen LogP contribution in [0.2, 0.25) is 0 Å². The third-order valence-electron chi connectivity index (χ3n) is 3.46. The summed E-state index contributed by atoms with van der Waals surface area (Å²) in [7, 11) is 0. The second-order valence-electron chi connectivity index (χ2n) is 5.72. The molecule has 0 amide bonds. The van der Waals surface area contributed by atoms with E-state index in [1.54, 1.807) is 6.08 Å². The molecule has 0 aliphatic rings. The second-order valence-corrected chi connectivity index (χ2v) is 5.72. The van der Waals surface area contributed by atoms with Crippen molar-refractivity contribution in [1.29, 1.82) is 0 Å². The standard InChI is InChI=1S/C19H30O4/c1-5-7-9-10-11-12-14-16-19(22-17(3)20,23-18(4)21)15-13-8-6-2/h1,7,9H,6,8,10-16H2,2-4H3. The lowest BCUT2D eigenvalue weighted by atomic mass is 9.99. The van der Waals surface area contributed by atoms with E-state index < -0.39 is 17.7 Å². The molecule has 4 heteroatoms. The van der Waals surface area contributed by atoms with Crippen molar-refractivity contribution in [3.63, 3.8) is 0 Å². The zero-order chi connectivity index (χ0) is 17.6. The van der Waals surface area contributed by atoms with Crippen LogP contribution in [0.4, 0.5) is 0 Å². The van der Waals surface area contributed by atoms with Crippen LogP contribution >= 0.6 is 0 Å². The summed E-state index contributed by atoms with van der Waals surface area (Å²) in [6.07, 6.45) is 16.6. The van der Waals surface area contributed by atoms with Gasteiger partial charge in [0.25, 0.3) is 5.79 Å². The Bertz CT molecular complexity index is 402. The van der Waals surface area contributed by atoms with Gasteiger partial charge >= 0.3 is 11.9 Å². The van der Waals surface area contributed by atoms with Crippen molar-refractivity contribution in [2.45, 2.75) is 84.3 Å². The zero-order valence-electron chi connectivity index (χ0n) is 14.7. The van der Waals surface area contributed by atoms with Gasteiger partial charge in [0.05, 0.1) is 0 Å². The molecular formula is C19H30O4. The van der Waals surface area contributed by atoms with Crippen molar-refractivity contribution in [3.8, 4) is 12.3 Å². The summed E-state index contributed by atoms with van der Waals surface area (Å²) < 4.78 is 10.8. The molecule has 0 radical (unpaired) electrons. The average Bonchev–Trinajstić information content (AvgIpc) is 2.45. The summed E-state index contributed by atoms with van der Waals surface area (Å²) in [6, 6.07) is 0. The number of hydrogen-bond donors (Lipinski definition) is 0. The summed E-state index contributed by atoms with van der Waals surface area (Å²) in [5, 5.41) is 0. The van der Waals surface area contributed by atoms with Gasteiger partial charge in [-0.05, 0) is 31.8 Å². The lowest BCUT2D eigenvalue weighted by molar-refractivity contribution is -0.232. The summed E-state index contributed by atoms with van der Waals surface area (Å²) in [6.45, 7) is 4.80. The molecule has 0 heterocycles. The van der Waals surface area contributed by atoms with Crippen LogP contribution in [-0.2, 0) is 19.1 Å². The van der Waals surface area contributed by atoms with Gasteiger partial charge in [-0.15, -0.1) is 6.42 Å². The zero-order valence-corrected chi connectivity index (χ0v) is 14.7. The normalized spacial score (nSPS) is 11.2. The highest BCUT2D eigenvalue weighted by molar-refractivity contribution is 5.68. The highest BCUT2D eigenvalue weighted by Crippen LogP contribution is 2.29. The topological polar surface area (TPSA) is 52.6 Å². The monoisotopic (exact) mass is 322 g/mol. The Hall–Kier alpha value is -1.76. The predicted octanol–water partition coefficient (Wildman–Crippen LogP) is 4.53. The Morgan fingerprint density at radius 3 is 2.04 bits per heavy atom. The Kier molecular flexibility index (Phi) is 11.8. The highest BCUT2D eigenvalue weighted by atomic mass is 16.7. The number of rotatable bonds is 12. The van der Waals surface area contributed by atoms with Gasteiger partial charge < -0.3 is 9.47 Å². The molecule has 0 bridgehead atoms. The van der Waals surface area contributed by atoms with Crippen molar-refractivity contribution < 1.29 is 19.1 Å². The van der Waals surface area contributed by atoms with Crippen molar-refractivity contribution >= 4 is 11.9 Å². The molecule has 0 aliphatic carbocycles. The summed E-state index contributed by atoms with van der Waals surface area (Å²) in [5.41, 5.74) is 0. The summed E-state index contributed by atoms with van der Waals surface area (Å²) >= 11 is 0. The third-order valence-corrected chi connectivity index (χ3v) is 3.46. The van der Waals surface area contributed by atoms with E-state index in [0.29, 0.717) is 12.8 Å². The van der Waals surface area contributed by atoms with E-state index in [2.05, 4.69) is 12.8 Å². The molecule has 23 heavy (non-hydrogen) atoms. The lowest BCUT2D eigenvalue weighted by Crippen LogP contribution is -2.39. The van der Waals surface area contributed by atoms with Gasteiger partial charge in [-0.1, -0.05) is 38.2 Å². The molecule has 0 aromatic carbocycles. The maximum atomic E-state index is 11.4. The van der Waals surface area contributed by atoms with Gasteiger partial charge in [-0.25, -0.2) is 0 Å². The molecule has 0 unspecified atom stereocenters. The van der Waals surface area contributed by atoms with Crippen LogP contribution in [0.1, 0.15) is 78.6 Å². The molecule has 0 aliphatic heterocycles. The largest absolute Gasteiger partial charge is 0.423 e. The van der Waals surface area contributed by atoms with E-state index in [-0.39, 0.29) is 0 Å². The van der Waals surface area contributed by atoms with E-state index in [4.69, 9.17) is 15.9 Å². The molecule has 0 saturated carbocycles. The van der Waals surface area contributed by atoms with Crippen molar-refractivity contribution in [2.24, 2.45) is 0 Å². The van der Waals surface area contributed by atoms with Crippen LogP contribution in [-0.4, -0.2) is 17.7 Å². The molecule has 0 spiro atoms. The summed E-state index contributed by atoms with van der Waals surface area (Å²) in [5.74, 6) is 0.516. The van der Waals surface area contributed by atoms with E-state index in [0.717, 1.165) is 44.9 Å². The van der Waals surface area contributed by atoms with E-state index in [1.165, 1.54) is 13.8 Å². The van der Waals surface area contributed by atoms with Gasteiger partial charge in [-0.2, -0.15) is 0 Å². The molecule has 0 atom stereocenters. The van der Waals surface area contributed by atoms with Gasteiger partial charge in [0.2, 0.25) is 0 Å². The molecule has 0 aromatic heterocycles. The highest BCUT2D eigenvalue weighted by Gasteiger charge is 2.35. The lowest BCUT2D eigenvalue weighted by Gasteiger charge is -2.32. The number of hydrogen-bond acceptors (Lipinski definition) is 4. The van der Waals surface area contributed by atoms with Crippen LogP contribution in [0, 0.1) is 12.3 Å². The van der Waals surface area contributed by atoms with Crippen LogP contribution in [0.25, 0.3) is 0 Å². The van der Waals surface area contributed by atoms with Crippen molar-refractivity contribution in [3.05, 3.63) is 12.2 Å². The SMILES string of the molecule is C#CC=CCCCCCC(CCCCC)(OC(C)=O)OC(C)=O. The number of terminal acetylenes is 1. The second kappa shape index (κ2) is 12.8. The molecule has 0 N–H and O–H groups in total. The molecule has 0 aromatic rings. The molecule has 4 nitrogen and oxygen atoms in total. The van der Waals surface area contributed by atoms with E-state index >= 15 is 0 Å². The number of ether oxygens (including phenoxy) is 2. The Morgan fingerprint density at radius 2 is 1.57 bits per heavy atom. The predicted molar refractivity (Wildman–Crippen MR) is 91.5 cm³/mol. The number of carbonyl (C=O) groups excluding carboxylic acids is 2. The van der Waals surface area contributed by atoms with Gasteiger partial charge in [0.1, 0.15) is 0 Å². The van der Waals surface area contributed by atoms with Crippen LogP contribution in [0.15, 0.2) is 12.2 Å². The number of esters is 2. The first-order valence-electron chi connectivity index (χ1n) is 8.46. The van der Waals surface area contributed by atoms with E-state index in [9.17, 15) is 9.59 Å². The fourth-order valence-corrected chi connectivity index (χ4v) is 2.50. The van der Waals surface area contributed by atoms with Gasteiger partial charge in [-0.3, -0.25) is 9.59 Å². The third kappa shape index (κ3) is 11.5. The van der Waals surface area contributed by atoms with E-state index in [1.807, 2.05) is 6.08 Å². The molecule has 0 saturated heterocycles. The molecule has 0 rings (SSSR count). The number of unbranched alkanes of at least 4 members (excludes halogenated alkanes) is 5. The summed E-state index contributed by atoms with van der Waals surface area (Å²) in [4.78, 5) is 22.9.